The fraction of sp³-hybridized carbons (Fsp3) is 0.857. The van der Waals surface area contributed by atoms with E-state index in [0.29, 0.717) is 13.0 Å². The summed E-state index contributed by atoms with van der Waals surface area (Å²) in [6, 6.07) is 0. The second-order valence-electron chi connectivity index (χ2n) is 6.09. The van der Waals surface area contributed by atoms with Crippen LogP contribution in [0.3, 0.4) is 0 Å². The van der Waals surface area contributed by atoms with E-state index in [2.05, 4.69) is 0 Å². The van der Waals surface area contributed by atoms with Gasteiger partial charge in [0.25, 0.3) is 0 Å². The summed E-state index contributed by atoms with van der Waals surface area (Å²) in [5.74, 6) is 0.0903. The highest BCUT2D eigenvalue weighted by Crippen LogP contribution is 2.36. The van der Waals surface area contributed by atoms with Gasteiger partial charge in [0, 0.05) is 25.5 Å². The van der Waals surface area contributed by atoms with Gasteiger partial charge in [-0.25, -0.2) is 14.6 Å². The number of hydrogen-bond donors (Lipinski definition) is 0. The highest BCUT2D eigenvalue weighted by Gasteiger charge is 2.43. The van der Waals surface area contributed by atoms with Gasteiger partial charge >= 0.3 is 5.97 Å². The maximum Gasteiger partial charge on any atom is 0.336 e. The predicted octanol–water partition coefficient (Wildman–Crippen LogP) is 2.56. The Kier molecular flexibility index (Phi) is 5.49. The molecule has 6 heteroatoms. The molecule has 0 aromatic heterocycles. The summed E-state index contributed by atoms with van der Waals surface area (Å²) in [7, 11) is 0. The van der Waals surface area contributed by atoms with Gasteiger partial charge in [-0.1, -0.05) is 0 Å². The minimum absolute atomic E-state index is 0.248. The molecular weight excluding hydrogens is 264 g/mol. The molecule has 1 aliphatic heterocycles. The molecule has 0 N–H and O–H groups in total. The molecule has 1 fully saturated rings. The first-order valence-electron chi connectivity index (χ1n) is 6.73. The van der Waals surface area contributed by atoms with Gasteiger partial charge in [-0.3, -0.25) is 0 Å². The standard InChI is InChI=1S/C14H24O6/c1-7-16-14(6)19-17-12(2,3)10-11(8-9-15)13(4,5)18-20-14/h8,11H,7,10H2,1-6H3. The third-order valence-corrected chi connectivity index (χ3v) is 3.11. The summed E-state index contributed by atoms with van der Waals surface area (Å²) in [6.45, 7) is 11.1. The summed E-state index contributed by atoms with van der Waals surface area (Å²) < 4.78 is 5.36. The fourth-order valence-electron chi connectivity index (χ4n) is 1.91. The molecule has 0 radical (unpaired) electrons. The second-order valence-corrected chi connectivity index (χ2v) is 6.09. The van der Waals surface area contributed by atoms with Crippen LogP contribution in [0.1, 0.15) is 48.0 Å². The molecule has 2 unspecified atom stereocenters. The minimum Gasteiger partial charge on any atom is -0.324 e. The molecule has 0 amide bonds. The lowest BCUT2D eigenvalue weighted by Crippen LogP contribution is -2.40. The second kappa shape index (κ2) is 6.35. The Balaban J connectivity index is 3.04. The van der Waals surface area contributed by atoms with Crippen molar-refractivity contribution < 1.29 is 29.1 Å². The smallest absolute Gasteiger partial charge is 0.324 e. The van der Waals surface area contributed by atoms with Crippen LogP contribution >= 0.6 is 0 Å². The largest absolute Gasteiger partial charge is 0.336 e. The zero-order valence-corrected chi connectivity index (χ0v) is 13.0. The lowest BCUT2D eigenvalue weighted by molar-refractivity contribution is -0.591. The van der Waals surface area contributed by atoms with Crippen LogP contribution in [-0.2, 0) is 29.1 Å². The third kappa shape index (κ3) is 4.66. The quantitative estimate of drug-likeness (QED) is 0.587. The average Bonchev–Trinajstić information content (AvgIpc) is 2.36. The number of carbonyl (C=O) groups excluding carboxylic acids is 1. The molecule has 0 spiro atoms. The van der Waals surface area contributed by atoms with Crippen molar-refractivity contribution in [2.24, 2.45) is 5.92 Å². The van der Waals surface area contributed by atoms with E-state index in [0.717, 1.165) is 0 Å². The molecule has 0 aromatic carbocycles. The van der Waals surface area contributed by atoms with E-state index < -0.39 is 17.2 Å². The van der Waals surface area contributed by atoms with Gasteiger partial charge < -0.3 is 4.74 Å². The van der Waals surface area contributed by atoms with Gasteiger partial charge in [0.05, 0.1) is 5.60 Å². The fourth-order valence-corrected chi connectivity index (χ4v) is 1.91. The van der Waals surface area contributed by atoms with Crippen LogP contribution in [0.5, 0.6) is 0 Å². The molecule has 0 saturated carbocycles. The van der Waals surface area contributed by atoms with E-state index in [1.54, 1.807) is 13.8 Å². The molecule has 1 aliphatic rings. The Hall–Kier alpha value is -0.750. The van der Waals surface area contributed by atoms with Crippen LogP contribution in [-0.4, -0.2) is 29.7 Å². The van der Waals surface area contributed by atoms with Gasteiger partial charge in [0.15, 0.2) is 0 Å². The Morgan fingerprint density at radius 2 is 1.75 bits per heavy atom. The Morgan fingerprint density at radius 1 is 1.15 bits per heavy atom. The predicted molar refractivity (Wildman–Crippen MR) is 70.9 cm³/mol. The maximum absolute atomic E-state index is 10.7. The van der Waals surface area contributed by atoms with Gasteiger partial charge in [0.1, 0.15) is 11.5 Å². The number of ether oxygens (including phenoxy) is 1. The lowest BCUT2D eigenvalue weighted by atomic mass is 9.82. The molecule has 6 nitrogen and oxygen atoms in total. The zero-order chi connectivity index (χ0) is 15.4. The van der Waals surface area contributed by atoms with Crippen molar-refractivity contribution in [2.75, 3.05) is 6.61 Å². The highest BCUT2D eigenvalue weighted by molar-refractivity contribution is 5.46. The van der Waals surface area contributed by atoms with E-state index >= 15 is 0 Å². The molecule has 1 rings (SSSR count). The van der Waals surface area contributed by atoms with E-state index in [-0.39, 0.29) is 5.92 Å². The van der Waals surface area contributed by atoms with Crippen LogP contribution in [0.25, 0.3) is 0 Å². The van der Waals surface area contributed by atoms with E-state index in [9.17, 15) is 4.79 Å². The van der Waals surface area contributed by atoms with Crippen LogP contribution in [0.4, 0.5) is 0 Å². The van der Waals surface area contributed by atoms with Crippen LogP contribution in [0.2, 0.25) is 0 Å². The van der Waals surface area contributed by atoms with Crippen molar-refractivity contribution in [1.82, 2.24) is 0 Å². The zero-order valence-electron chi connectivity index (χ0n) is 13.0. The van der Waals surface area contributed by atoms with Gasteiger partial charge in [-0.2, -0.15) is 9.78 Å². The summed E-state index contributed by atoms with van der Waals surface area (Å²) in [5.41, 5.74) is -1.41. The first-order chi connectivity index (χ1) is 9.14. The topological polar surface area (TPSA) is 63.2 Å². The third-order valence-electron chi connectivity index (χ3n) is 3.11. The molecule has 116 valence electrons. The molecule has 20 heavy (non-hydrogen) atoms. The highest BCUT2D eigenvalue weighted by atomic mass is 17.4. The molecule has 1 heterocycles. The van der Waals surface area contributed by atoms with Gasteiger partial charge in [-0.05, 0) is 41.0 Å². The van der Waals surface area contributed by atoms with Crippen LogP contribution in [0, 0.1) is 5.92 Å². The number of rotatable bonds is 3. The molecular formula is C14H24O6. The first kappa shape index (κ1) is 17.3. The van der Waals surface area contributed by atoms with Crippen molar-refractivity contribution in [2.45, 2.75) is 65.1 Å². The van der Waals surface area contributed by atoms with Crippen molar-refractivity contribution in [3.63, 3.8) is 0 Å². The summed E-state index contributed by atoms with van der Waals surface area (Å²) >= 11 is 0. The molecule has 1 saturated heterocycles. The van der Waals surface area contributed by atoms with Crippen molar-refractivity contribution >= 4 is 5.94 Å². The average molecular weight is 288 g/mol. The first-order valence-corrected chi connectivity index (χ1v) is 6.73. The molecule has 0 aromatic rings. The monoisotopic (exact) mass is 288 g/mol. The van der Waals surface area contributed by atoms with Crippen molar-refractivity contribution in [1.29, 1.82) is 0 Å². The van der Waals surface area contributed by atoms with Gasteiger partial charge in [0.2, 0.25) is 0 Å². The normalized spacial score (nSPS) is 33.4. The van der Waals surface area contributed by atoms with Crippen LogP contribution < -0.4 is 0 Å². The van der Waals surface area contributed by atoms with Crippen molar-refractivity contribution in [3.8, 4) is 0 Å². The summed E-state index contributed by atoms with van der Waals surface area (Å²) in [4.78, 5) is 32.1. The Labute approximate surface area is 119 Å². The maximum atomic E-state index is 10.7. The lowest BCUT2D eigenvalue weighted by Gasteiger charge is -2.33. The number of hydrogen-bond acceptors (Lipinski definition) is 6. The summed E-state index contributed by atoms with van der Waals surface area (Å²) in [5, 5.41) is 0. The molecule has 0 bridgehead atoms. The molecule has 2 atom stereocenters. The molecule has 0 aliphatic carbocycles. The van der Waals surface area contributed by atoms with E-state index in [1.807, 2.05) is 33.6 Å². The van der Waals surface area contributed by atoms with Gasteiger partial charge in [-0.15, -0.1) is 0 Å². The van der Waals surface area contributed by atoms with E-state index in [1.165, 1.54) is 6.08 Å². The van der Waals surface area contributed by atoms with Crippen molar-refractivity contribution in [3.05, 3.63) is 6.08 Å². The Morgan fingerprint density at radius 3 is 2.30 bits per heavy atom. The van der Waals surface area contributed by atoms with Crippen LogP contribution in [0.15, 0.2) is 6.08 Å². The summed E-state index contributed by atoms with van der Waals surface area (Å²) in [6.07, 6.45) is 1.92. The van der Waals surface area contributed by atoms with E-state index in [4.69, 9.17) is 24.3 Å². The minimum atomic E-state index is -1.47. The SMILES string of the molecule is CCOC1(C)OOC(C)(C)CC(C=C=O)C(C)(C)OO1. The Bertz CT molecular complexity index is 372.